The van der Waals surface area contributed by atoms with Crippen LogP contribution in [0.25, 0.3) is 5.70 Å². The van der Waals surface area contributed by atoms with Gasteiger partial charge in [-0.1, -0.05) is 12.1 Å². The van der Waals surface area contributed by atoms with Gasteiger partial charge in [0.15, 0.2) is 0 Å². The number of thiophene rings is 1. The van der Waals surface area contributed by atoms with Gasteiger partial charge in [0.05, 0.1) is 17.7 Å². The van der Waals surface area contributed by atoms with E-state index >= 15 is 0 Å². The summed E-state index contributed by atoms with van der Waals surface area (Å²) in [5, 5.41) is 12.2. The smallest absolute Gasteiger partial charge is 0.425 e. The standard InChI is InChI=1S/C10H12N2O4S/c1-16-10(15)12-11-7(4-5-9(13)14)8-3-2-6-17-8/h2-4,6,11H,5H2,1H3,(H,12,15)(H,13,14)/p-1/b7-4+. The van der Waals surface area contributed by atoms with Gasteiger partial charge in [-0.2, -0.15) is 0 Å². The second kappa shape index (κ2) is 6.54. The van der Waals surface area contributed by atoms with Crippen LogP contribution in [0.1, 0.15) is 11.3 Å². The molecule has 1 heterocycles. The van der Waals surface area contributed by atoms with Crippen LogP contribution in [0.3, 0.4) is 0 Å². The normalized spacial score (nSPS) is 10.8. The fourth-order valence-corrected chi connectivity index (χ4v) is 1.72. The van der Waals surface area contributed by atoms with Crippen molar-refractivity contribution in [3.63, 3.8) is 0 Å². The summed E-state index contributed by atoms with van der Waals surface area (Å²) in [5.41, 5.74) is 5.32. The zero-order chi connectivity index (χ0) is 12.7. The van der Waals surface area contributed by atoms with Gasteiger partial charge in [-0.15, -0.1) is 11.3 Å². The Morgan fingerprint density at radius 3 is 2.82 bits per heavy atom. The summed E-state index contributed by atoms with van der Waals surface area (Å²) in [6.07, 6.45) is 0.501. The molecule has 0 fully saturated rings. The number of hydrazine groups is 1. The molecule has 1 rings (SSSR count). The zero-order valence-corrected chi connectivity index (χ0v) is 9.87. The number of carbonyl (C=O) groups is 2. The lowest BCUT2D eigenvalue weighted by atomic mass is 10.3. The number of amides is 1. The predicted molar refractivity (Wildman–Crippen MR) is 60.6 cm³/mol. The molecule has 92 valence electrons. The molecule has 6 nitrogen and oxygen atoms in total. The van der Waals surface area contributed by atoms with E-state index in [0.29, 0.717) is 5.70 Å². The summed E-state index contributed by atoms with van der Waals surface area (Å²) in [7, 11) is 1.23. The van der Waals surface area contributed by atoms with Gasteiger partial charge >= 0.3 is 6.09 Å². The van der Waals surface area contributed by atoms with Gasteiger partial charge in [-0.3, -0.25) is 5.43 Å². The molecule has 0 aliphatic carbocycles. The SMILES string of the molecule is COC(=O)NN/C(=C/CC(=O)[O-])c1cccs1. The monoisotopic (exact) mass is 255 g/mol. The van der Waals surface area contributed by atoms with Gasteiger partial charge < -0.3 is 14.6 Å². The molecule has 0 unspecified atom stereocenters. The van der Waals surface area contributed by atoms with Gasteiger partial charge in [0.1, 0.15) is 0 Å². The van der Waals surface area contributed by atoms with Crippen molar-refractivity contribution in [2.45, 2.75) is 6.42 Å². The summed E-state index contributed by atoms with van der Waals surface area (Å²) >= 11 is 1.41. The third kappa shape index (κ3) is 4.56. The van der Waals surface area contributed by atoms with Crippen LogP contribution < -0.4 is 16.0 Å². The van der Waals surface area contributed by atoms with Crippen molar-refractivity contribution in [3.8, 4) is 0 Å². The number of hydrogen-bond donors (Lipinski definition) is 2. The highest BCUT2D eigenvalue weighted by atomic mass is 32.1. The first-order chi connectivity index (χ1) is 8.13. The number of aliphatic carboxylic acids is 1. The van der Waals surface area contributed by atoms with Crippen LogP contribution in [0.15, 0.2) is 23.6 Å². The summed E-state index contributed by atoms with van der Waals surface area (Å²) in [6, 6.07) is 3.60. The molecule has 0 radical (unpaired) electrons. The van der Waals surface area contributed by atoms with Crippen LogP contribution in [-0.2, 0) is 9.53 Å². The highest BCUT2D eigenvalue weighted by Gasteiger charge is 2.04. The van der Waals surface area contributed by atoms with E-state index in [1.165, 1.54) is 24.5 Å². The first-order valence-corrected chi connectivity index (χ1v) is 5.55. The van der Waals surface area contributed by atoms with Crippen molar-refractivity contribution in [2.24, 2.45) is 0 Å². The molecular weight excluding hydrogens is 244 g/mol. The van der Waals surface area contributed by atoms with Gasteiger partial charge in [-0.25, -0.2) is 10.2 Å². The van der Waals surface area contributed by atoms with E-state index in [1.54, 1.807) is 6.07 Å². The molecule has 0 saturated carbocycles. The Bertz CT molecular complexity index is 414. The Balaban J connectivity index is 2.70. The molecule has 7 heteroatoms. The lowest BCUT2D eigenvalue weighted by Crippen LogP contribution is -2.36. The average Bonchev–Trinajstić information content (AvgIpc) is 2.81. The minimum absolute atomic E-state index is 0.247. The molecular formula is C10H11N2O4S-. The van der Waals surface area contributed by atoms with E-state index < -0.39 is 12.1 Å². The number of carboxylic acids is 1. The van der Waals surface area contributed by atoms with Crippen molar-refractivity contribution in [3.05, 3.63) is 28.5 Å². The maximum absolute atomic E-state index is 10.9. The minimum Gasteiger partial charge on any atom is -0.550 e. The molecule has 0 atom stereocenters. The molecule has 0 saturated heterocycles. The Kier molecular flexibility index (Phi) is 5.02. The van der Waals surface area contributed by atoms with Crippen molar-refractivity contribution in [1.82, 2.24) is 10.9 Å². The number of nitrogens with one attached hydrogen (secondary N) is 2. The number of carboxylic acid groups (broad SMARTS) is 1. The predicted octanol–water partition coefficient (Wildman–Crippen LogP) is 0.0896. The zero-order valence-electron chi connectivity index (χ0n) is 9.06. The highest BCUT2D eigenvalue weighted by Crippen LogP contribution is 2.17. The average molecular weight is 255 g/mol. The first kappa shape index (κ1) is 13.0. The van der Waals surface area contributed by atoms with Crippen molar-refractivity contribution >= 4 is 29.1 Å². The van der Waals surface area contributed by atoms with E-state index in [9.17, 15) is 14.7 Å². The fourth-order valence-electron chi connectivity index (χ4n) is 1.000. The largest absolute Gasteiger partial charge is 0.550 e. The fraction of sp³-hybridized carbons (Fsp3) is 0.200. The molecule has 17 heavy (non-hydrogen) atoms. The molecule has 1 aromatic rings. The molecule has 0 aliphatic rings. The Morgan fingerprint density at radius 1 is 1.53 bits per heavy atom. The number of methoxy groups -OCH3 is 1. The minimum atomic E-state index is -1.20. The van der Waals surface area contributed by atoms with E-state index in [1.807, 2.05) is 11.4 Å². The maximum Gasteiger partial charge on any atom is 0.425 e. The van der Waals surface area contributed by atoms with E-state index in [4.69, 9.17) is 0 Å². The summed E-state index contributed by atoms with van der Waals surface area (Å²) < 4.78 is 4.38. The molecule has 2 N–H and O–H groups in total. The highest BCUT2D eigenvalue weighted by molar-refractivity contribution is 7.11. The van der Waals surface area contributed by atoms with Gasteiger partial charge in [0.2, 0.25) is 0 Å². The van der Waals surface area contributed by atoms with Gasteiger partial charge in [0, 0.05) is 12.4 Å². The quantitative estimate of drug-likeness (QED) is 0.728. The Morgan fingerprint density at radius 2 is 2.29 bits per heavy atom. The molecule has 0 aromatic carbocycles. The Hall–Kier alpha value is -2.02. The van der Waals surface area contributed by atoms with Crippen molar-refractivity contribution in [2.75, 3.05) is 7.11 Å². The topological polar surface area (TPSA) is 90.5 Å². The summed E-state index contributed by atoms with van der Waals surface area (Å²) in [5.74, 6) is -1.20. The summed E-state index contributed by atoms with van der Waals surface area (Å²) in [6.45, 7) is 0. The maximum atomic E-state index is 10.9. The molecule has 1 amide bonds. The van der Waals surface area contributed by atoms with Crippen LogP contribution >= 0.6 is 11.3 Å². The number of ether oxygens (including phenoxy) is 1. The first-order valence-electron chi connectivity index (χ1n) is 4.67. The van der Waals surface area contributed by atoms with Crippen LogP contribution in [0.4, 0.5) is 4.79 Å². The second-order valence-corrected chi connectivity index (χ2v) is 3.86. The van der Waals surface area contributed by atoms with E-state index in [-0.39, 0.29) is 6.42 Å². The van der Waals surface area contributed by atoms with Crippen LogP contribution in [-0.4, -0.2) is 19.2 Å². The summed E-state index contributed by atoms with van der Waals surface area (Å²) in [4.78, 5) is 22.0. The number of hydrogen-bond acceptors (Lipinski definition) is 6. The van der Waals surface area contributed by atoms with E-state index in [0.717, 1.165) is 4.88 Å². The molecule has 0 spiro atoms. The number of rotatable bonds is 5. The Labute approximate surface area is 102 Å². The third-order valence-electron chi connectivity index (χ3n) is 1.74. The van der Waals surface area contributed by atoms with Crippen LogP contribution in [0.2, 0.25) is 0 Å². The third-order valence-corrected chi connectivity index (χ3v) is 2.65. The molecule has 1 aromatic heterocycles. The van der Waals surface area contributed by atoms with Gasteiger partial charge in [-0.05, 0) is 11.4 Å². The van der Waals surface area contributed by atoms with Gasteiger partial charge in [0.25, 0.3) is 0 Å². The second-order valence-electron chi connectivity index (χ2n) is 2.91. The lowest BCUT2D eigenvalue weighted by molar-refractivity contribution is -0.304. The van der Waals surface area contributed by atoms with E-state index in [2.05, 4.69) is 15.6 Å². The lowest BCUT2D eigenvalue weighted by Gasteiger charge is -2.10. The van der Waals surface area contributed by atoms with Crippen molar-refractivity contribution < 1.29 is 19.4 Å². The van der Waals surface area contributed by atoms with Crippen LogP contribution in [0.5, 0.6) is 0 Å². The van der Waals surface area contributed by atoms with Crippen LogP contribution in [0, 0.1) is 0 Å². The van der Waals surface area contributed by atoms with Crippen molar-refractivity contribution in [1.29, 1.82) is 0 Å². The molecule has 0 bridgehead atoms. The number of carbonyl (C=O) groups excluding carboxylic acids is 2. The molecule has 0 aliphatic heterocycles.